The summed E-state index contributed by atoms with van der Waals surface area (Å²) >= 11 is 1.73. The van der Waals surface area contributed by atoms with Crippen molar-refractivity contribution in [3.05, 3.63) is 40.9 Å². The van der Waals surface area contributed by atoms with Crippen LogP contribution in [0.25, 0.3) is 0 Å². The second kappa shape index (κ2) is 8.30. The van der Waals surface area contributed by atoms with E-state index in [0.29, 0.717) is 5.92 Å². The van der Waals surface area contributed by atoms with E-state index in [1.54, 1.807) is 11.3 Å². The molecule has 2 N–H and O–H groups in total. The predicted molar refractivity (Wildman–Crippen MR) is 106 cm³/mol. The Hall–Kier alpha value is -1.43. The minimum atomic E-state index is 0.682. The van der Waals surface area contributed by atoms with Gasteiger partial charge in [0.05, 0.1) is 5.69 Å². The van der Waals surface area contributed by atoms with Gasteiger partial charge in [-0.1, -0.05) is 31.4 Å². The molecule has 1 aliphatic heterocycles. The van der Waals surface area contributed by atoms with E-state index in [1.807, 2.05) is 0 Å². The molecule has 0 spiro atoms. The zero-order valence-electron chi connectivity index (χ0n) is 14.8. The molecule has 1 saturated heterocycles. The highest BCUT2D eigenvalue weighted by atomic mass is 32.1. The third-order valence-corrected chi connectivity index (χ3v) is 6.14. The van der Waals surface area contributed by atoms with Crippen LogP contribution in [0.5, 0.6) is 0 Å². The number of benzene rings is 1. The SMILES string of the molecule is c1cc(Nc2nc(C3CCCCC3)cs2)ccc1CN1CCNCC1. The summed E-state index contributed by atoms with van der Waals surface area (Å²) in [5.74, 6) is 0.682. The van der Waals surface area contributed by atoms with Gasteiger partial charge in [-0.3, -0.25) is 4.90 Å². The van der Waals surface area contributed by atoms with Gasteiger partial charge in [-0.25, -0.2) is 4.98 Å². The Morgan fingerprint density at radius 3 is 2.60 bits per heavy atom. The third-order valence-electron chi connectivity index (χ3n) is 5.37. The van der Waals surface area contributed by atoms with Gasteiger partial charge in [0.1, 0.15) is 0 Å². The molecule has 2 aromatic rings. The number of aromatic nitrogens is 1. The predicted octanol–water partition coefficient (Wildman–Crippen LogP) is 4.34. The van der Waals surface area contributed by atoms with Crippen molar-refractivity contribution in [1.82, 2.24) is 15.2 Å². The first-order valence-corrected chi connectivity index (χ1v) is 10.5. The van der Waals surface area contributed by atoms with E-state index in [9.17, 15) is 0 Å². The molecule has 0 atom stereocenters. The number of hydrogen-bond acceptors (Lipinski definition) is 5. The number of anilines is 2. The van der Waals surface area contributed by atoms with Crippen LogP contribution in [0.4, 0.5) is 10.8 Å². The zero-order valence-corrected chi connectivity index (χ0v) is 15.7. The Balaban J connectivity index is 1.33. The molecule has 134 valence electrons. The lowest BCUT2D eigenvalue weighted by atomic mass is 9.87. The second-order valence-corrected chi connectivity index (χ2v) is 8.12. The Bertz CT molecular complexity index is 655. The van der Waals surface area contributed by atoms with Crippen molar-refractivity contribution in [2.75, 3.05) is 31.5 Å². The Morgan fingerprint density at radius 1 is 1.08 bits per heavy atom. The van der Waals surface area contributed by atoms with Gasteiger partial charge >= 0.3 is 0 Å². The number of piperazine rings is 1. The highest BCUT2D eigenvalue weighted by molar-refractivity contribution is 7.13. The van der Waals surface area contributed by atoms with Gasteiger partial charge in [-0.15, -0.1) is 11.3 Å². The van der Waals surface area contributed by atoms with Crippen LogP contribution in [0.1, 0.15) is 49.3 Å². The van der Waals surface area contributed by atoms with Crippen molar-refractivity contribution >= 4 is 22.2 Å². The second-order valence-electron chi connectivity index (χ2n) is 7.26. The van der Waals surface area contributed by atoms with E-state index in [-0.39, 0.29) is 0 Å². The highest BCUT2D eigenvalue weighted by Gasteiger charge is 2.18. The van der Waals surface area contributed by atoms with Crippen LogP contribution in [-0.2, 0) is 6.54 Å². The molecular formula is C20H28N4S. The van der Waals surface area contributed by atoms with Gasteiger partial charge in [0, 0.05) is 49.7 Å². The van der Waals surface area contributed by atoms with E-state index in [2.05, 4.69) is 45.2 Å². The van der Waals surface area contributed by atoms with Gasteiger partial charge in [0.2, 0.25) is 0 Å². The molecule has 2 heterocycles. The van der Waals surface area contributed by atoms with Crippen molar-refractivity contribution < 1.29 is 0 Å². The van der Waals surface area contributed by atoms with Crippen molar-refractivity contribution in [3.63, 3.8) is 0 Å². The molecule has 1 aromatic heterocycles. The largest absolute Gasteiger partial charge is 0.332 e. The maximum absolute atomic E-state index is 4.84. The first kappa shape index (κ1) is 17.0. The van der Waals surface area contributed by atoms with Crippen LogP contribution in [0.2, 0.25) is 0 Å². The fourth-order valence-corrected chi connectivity index (χ4v) is 4.69. The van der Waals surface area contributed by atoms with E-state index >= 15 is 0 Å². The van der Waals surface area contributed by atoms with E-state index in [4.69, 9.17) is 4.98 Å². The normalized spacial score (nSPS) is 19.8. The van der Waals surface area contributed by atoms with Gasteiger partial charge < -0.3 is 10.6 Å². The summed E-state index contributed by atoms with van der Waals surface area (Å²) in [6.07, 6.45) is 6.73. The van der Waals surface area contributed by atoms with E-state index < -0.39 is 0 Å². The molecule has 0 amide bonds. The highest BCUT2D eigenvalue weighted by Crippen LogP contribution is 2.34. The Labute approximate surface area is 154 Å². The lowest BCUT2D eigenvalue weighted by Gasteiger charge is -2.27. The maximum Gasteiger partial charge on any atom is 0.187 e. The summed E-state index contributed by atoms with van der Waals surface area (Å²) in [7, 11) is 0. The third kappa shape index (κ3) is 4.60. The first-order chi connectivity index (χ1) is 12.4. The number of rotatable bonds is 5. The lowest BCUT2D eigenvalue weighted by Crippen LogP contribution is -2.42. The molecular weight excluding hydrogens is 328 g/mol. The molecule has 4 rings (SSSR count). The number of nitrogens with zero attached hydrogens (tertiary/aromatic N) is 2. The molecule has 0 bridgehead atoms. The molecule has 1 aromatic carbocycles. The fraction of sp³-hybridized carbons (Fsp3) is 0.550. The molecule has 1 aliphatic carbocycles. The van der Waals surface area contributed by atoms with Gasteiger partial charge in [-0.2, -0.15) is 0 Å². The van der Waals surface area contributed by atoms with Crippen molar-refractivity contribution in [2.45, 2.75) is 44.6 Å². The minimum absolute atomic E-state index is 0.682. The zero-order chi connectivity index (χ0) is 16.9. The van der Waals surface area contributed by atoms with Crippen molar-refractivity contribution in [3.8, 4) is 0 Å². The quantitative estimate of drug-likeness (QED) is 0.836. The maximum atomic E-state index is 4.84. The Morgan fingerprint density at radius 2 is 1.84 bits per heavy atom. The fourth-order valence-electron chi connectivity index (χ4n) is 3.87. The Kier molecular flexibility index (Phi) is 5.65. The first-order valence-electron chi connectivity index (χ1n) is 9.61. The summed E-state index contributed by atoms with van der Waals surface area (Å²) in [6.45, 7) is 5.54. The number of thiazole rings is 1. The standard InChI is InChI=1S/C20H28N4S/c1-2-4-17(5-3-1)19-15-25-20(23-19)22-18-8-6-16(7-9-18)14-24-12-10-21-11-13-24/h6-9,15,17,21H,1-5,10-14H2,(H,22,23). The summed E-state index contributed by atoms with van der Waals surface area (Å²) in [5, 5.41) is 10.2. The van der Waals surface area contributed by atoms with Gasteiger partial charge in [0.25, 0.3) is 0 Å². The molecule has 5 heteroatoms. The van der Waals surface area contributed by atoms with E-state index in [1.165, 1.54) is 43.4 Å². The summed E-state index contributed by atoms with van der Waals surface area (Å²) in [6, 6.07) is 8.83. The van der Waals surface area contributed by atoms with Gasteiger partial charge in [-0.05, 0) is 30.5 Å². The minimum Gasteiger partial charge on any atom is -0.332 e. The smallest absolute Gasteiger partial charge is 0.187 e. The molecule has 2 fully saturated rings. The van der Waals surface area contributed by atoms with Crippen molar-refractivity contribution in [1.29, 1.82) is 0 Å². The molecule has 4 nitrogen and oxygen atoms in total. The van der Waals surface area contributed by atoms with Crippen LogP contribution in [-0.4, -0.2) is 36.1 Å². The van der Waals surface area contributed by atoms with Crippen LogP contribution >= 0.6 is 11.3 Å². The van der Waals surface area contributed by atoms with Gasteiger partial charge in [0.15, 0.2) is 5.13 Å². The number of nitrogens with one attached hydrogen (secondary N) is 2. The average molecular weight is 357 g/mol. The topological polar surface area (TPSA) is 40.2 Å². The van der Waals surface area contributed by atoms with Crippen LogP contribution in [0, 0.1) is 0 Å². The molecule has 2 aliphatic rings. The van der Waals surface area contributed by atoms with Crippen LogP contribution in [0.3, 0.4) is 0 Å². The molecule has 0 unspecified atom stereocenters. The molecule has 1 saturated carbocycles. The summed E-state index contributed by atoms with van der Waals surface area (Å²) < 4.78 is 0. The molecule has 0 radical (unpaired) electrons. The average Bonchev–Trinajstić information content (AvgIpc) is 3.14. The van der Waals surface area contributed by atoms with Crippen molar-refractivity contribution in [2.24, 2.45) is 0 Å². The van der Waals surface area contributed by atoms with Crippen LogP contribution in [0.15, 0.2) is 29.6 Å². The summed E-state index contributed by atoms with van der Waals surface area (Å²) in [4.78, 5) is 7.35. The number of hydrogen-bond donors (Lipinski definition) is 2. The lowest BCUT2D eigenvalue weighted by molar-refractivity contribution is 0.233. The summed E-state index contributed by atoms with van der Waals surface area (Å²) in [5.41, 5.74) is 3.81. The molecule has 25 heavy (non-hydrogen) atoms. The van der Waals surface area contributed by atoms with E-state index in [0.717, 1.165) is 43.5 Å². The monoisotopic (exact) mass is 356 g/mol. The van der Waals surface area contributed by atoms with Crippen LogP contribution < -0.4 is 10.6 Å².